The molecule has 6 nitrogen and oxygen atoms in total. The zero-order valence-electron chi connectivity index (χ0n) is 22.8. The Balaban J connectivity index is 1.70. The van der Waals surface area contributed by atoms with Gasteiger partial charge < -0.3 is 25.4 Å². The van der Waals surface area contributed by atoms with Crippen LogP contribution in [0.3, 0.4) is 0 Å². The molecule has 3 atom stereocenters. The maximum absolute atomic E-state index is 13.4. The van der Waals surface area contributed by atoms with Crippen LogP contribution in [0.2, 0.25) is 0 Å². The summed E-state index contributed by atoms with van der Waals surface area (Å²) in [7, 11) is 3.69. The normalized spacial score (nSPS) is 21.7. The summed E-state index contributed by atoms with van der Waals surface area (Å²) in [5.41, 5.74) is 0.0228. The van der Waals surface area contributed by atoms with Crippen molar-refractivity contribution in [2.45, 2.75) is 87.2 Å². The molecule has 2 aliphatic rings. The number of hydrogen-bond donors (Lipinski definition) is 3. The fourth-order valence-electron chi connectivity index (χ4n) is 6.20. The van der Waals surface area contributed by atoms with Gasteiger partial charge in [0, 0.05) is 50.2 Å². The number of ether oxygens (including phenoxy) is 1. The van der Waals surface area contributed by atoms with Crippen LogP contribution in [0.4, 0.5) is 4.79 Å². The van der Waals surface area contributed by atoms with Crippen molar-refractivity contribution in [2.75, 3.05) is 46.7 Å². The van der Waals surface area contributed by atoms with Crippen molar-refractivity contribution in [3.8, 4) is 0 Å². The van der Waals surface area contributed by atoms with Crippen LogP contribution in [0.25, 0.3) is 0 Å². The molecule has 1 aromatic rings. The van der Waals surface area contributed by atoms with Crippen molar-refractivity contribution in [3.05, 3.63) is 29.8 Å². The standard InChI is InChI=1S/C29H49N3O3S/c1-30-21-26(19-23-11-5-4-6-12-23)31-28(33)32-17-10-14-25(22-32)29(34,16-7-8-18-35-2)24-13-9-15-27(20-24)36-3/h9,13,15,20,23,25-26,30,34H,4-8,10-12,14,16-19,21-22H2,1-3H3,(H,31,33)/t25-,26?,29-/m1/s1. The first-order valence-corrected chi connectivity index (χ1v) is 15.3. The minimum Gasteiger partial charge on any atom is -0.385 e. The zero-order valence-corrected chi connectivity index (χ0v) is 23.6. The van der Waals surface area contributed by atoms with Crippen molar-refractivity contribution < 1.29 is 14.6 Å². The molecule has 1 unspecified atom stereocenters. The summed E-state index contributed by atoms with van der Waals surface area (Å²) in [5, 5.41) is 18.8. The highest BCUT2D eigenvalue weighted by molar-refractivity contribution is 7.98. The van der Waals surface area contributed by atoms with E-state index in [4.69, 9.17) is 4.74 Å². The smallest absolute Gasteiger partial charge is 0.317 e. The SMILES string of the molecule is CNCC(CC1CCCCC1)NC(=O)N1CCC[C@@H]([C@@](O)(CCCCOC)c2cccc(SC)c2)C1. The van der Waals surface area contributed by atoms with Gasteiger partial charge >= 0.3 is 6.03 Å². The molecule has 1 heterocycles. The number of nitrogens with one attached hydrogen (secondary N) is 2. The molecule has 204 valence electrons. The topological polar surface area (TPSA) is 73.8 Å². The summed E-state index contributed by atoms with van der Waals surface area (Å²) in [6.07, 6.45) is 14.0. The molecule has 1 aromatic carbocycles. The molecule has 1 aliphatic heterocycles. The molecule has 3 rings (SSSR count). The second-order valence-corrected chi connectivity index (χ2v) is 11.7. The van der Waals surface area contributed by atoms with E-state index in [-0.39, 0.29) is 18.0 Å². The highest BCUT2D eigenvalue weighted by Crippen LogP contribution is 2.40. The van der Waals surface area contributed by atoms with E-state index in [1.807, 2.05) is 18.0 Å². The summed E-state index contributed by atoms with van der Waals surface area (Å²) in [4.78, 5) is 16.5. The van der Waals surface area contributed by atoms with Gasteiger partial charge in [0.05, 0.1) is 5.60 Å². The lowest BCUT2D eigenvalue weighted by atomic mass is 9.74. The monoisotopic (exact) mass is 519 g/mol. The largest absolute Gasteiger partial charge is 0.385 e. The Kier molecular flexibility index (Phi) is 12.4. The van der Waals surface area contributed by atoms with Crippen LogP contribution < -0.4 is 10.6 Å². The Morgan fingerprint density at radius 3 is 2.75 bits per heavy atom. The molecule has 1 aliphatic carbocycles. The molecule has 0 radical (unpaired) electrons. The third-order valence-corrected chi connectivity index (χ3v) is 8.96. The number of thioether (sulfide) groups is 1. The molecule has 1 saturated carbocycles. The number of carbonyl (C=O) groups is 1. The minimum absolute atomic E-state index is 0.0118. The second-order valence-electron chi connectivity index (χ2n) is 10.8. The molecule has 0 aromatic heterocycles. The van der Waals surface area contributed by atoms with Gasteiger partial charge in [-0.3, -0.25) is 0 Å². The fourth-order valence-corrected chi connectivity index (χ4v) is 6.66. The Hall–Kier alpha value is -1.28. The van der Waals surface area contributed by atoms with Gasteiger partial charge in [-0.1, -0.05) is 44.2 Å². The van der Waals surface area contributed by atoms with Crippen LogP contribution in [-0.4, -0.2) is 68.7 Å². The molecular weight excluding hydrogens is 470 g/mol. The first kappa shape index (κ1) is 29.3. The molecule has 7 heteroatoms. The third kappa shape index (κ3) is 8.37. The van der Waals surface area contributed by atoms with Crippen LogP contribution in [0.15, 0.2) is 29.2 Å². The van der Waals surface area contributed by atoms with E-state index >= 15 is 0 Å². The highest BCUT2D eigenvalue weighted by atomic mass is 32.2. The summed E-state index contributed by atoms with van der Waals surface area (Å²) in [6, 6.07) is 8.50. The Morgan fingerprint density at radius 2 is 2.03 bits per heavy atom. The van der Waals surface area contributed by atoms with Gasteiger partial charge in [-0.2, -0.15) is 0 Å². The molecular formula is C29H49N3O3S. The number of likely N-dealkylation sites (N-methyl/N-ethyl adjacent to an activating group) is 1. The predicted octanol–water partition coefficient (Wildman–Crippen LogP) is 5.39. The number of hydrogen-bond acceptors (Lipinski definition) is 5. The number of likely N-dealkylation sites (tertiary alicyclic amines) is 1. The average molecular weight is 520 g/mol. The van der Waals surface area contributed by atoms with Gasteiger partial charge in [0.25, 0.3) is 0 Å². The number of benzene rings is 1. The minimum atomic E-state index is -0.953. The molecule has 0 spiro atoms. The van der Waals surface area contributed by atoms with Gasteiger partial charge in [-0.15, -0.1) is 11.8 Å². The number of urea groups is 1. The van der Waals surface area contributed by atoms with E-state index in [2.05, 4.69) is 35.1 Å². The maximum atomic E-state index is 13.4. The number of unbranched alkanes of at least 4 members (excludes halogenated alkanes) is 1. The van der Waals surface area contributed by atoms with Gasteiger partial charge in [0.15, 0.2) is 0 Å². The van der Waals surface area contributed by atoms with Crippen LogP contribution in [0.1, 0.15) is 76.2 Å². The first-order valence-electron chi connectivity index (χ1n) is 14.1. The lowest BCUT2D eigenvalue weighted by molar-refractivity contribution is -0.0565. The van der Waals surface area contributed by atoms with Crippen LogP contribution in [0.5, 0.6) is 0 Å². The molecule has 36 heavy (non-hydrogen) atoms. The van der Waals surface area contributed by atoms with Gasteiger partial charge in [0.1, 0.15) is 0 Å². The van der Waals surface area contributed by atoms with E-state index in [0.717, 1.165) is 55.7 Å². The van der Waals surface area contributed by atoms with Gasteiger partial charge in [-0.25, -0.2) is 4.79 Å². The molecule has 0 bridgehead atoms. The average Bonchev–Trinajstić information content (AvgIpc) is 2.91. The summed E-state index contributed by atoms with van der Waals surface area (Å²) < 4.78 is 5.25. The van der Waals surface area contributed by atoms with Crippen molar-refractivity contribution in [1.82, 2.24) is 15.5 Å². The van der Waals surface area contributed by atoms with E-state index in [1.54, 1.807) is 18.9 Å². The summed E-state index contributed by atoms with van der Waals surface area (Å²) >= 11 is 1.70. The number of piperidine rings is 1. The van der Waals surface area contributed by atoms with E-state index in [9.17, 15) is 9.90 Å². The van der Waals surface area contributed by atoms with Crippen molar-refractivity contribution in [2.24, 2.45) is 11.8 Å². The Bertz CT molecular complexity index is 789. The molecule has 2 fully saturated rings. The van der Waals surface area contributed by atoms with Crippen LogP contribution >= 0.6 is 11.8 Å². The lowest BCUT2D eigenvalue weighted by Gasteiger charge is -2.43. The van der Waals surface area contributed by atoms with E-state index < -0.39 is 5.60 Å². The van der Waals surface area contributed by atoms with Crippen LogP contribution in [-0.2, 0) is 10.3 Å². The fraction of sp³-hybridized carbons (Fsp3) is 0.759. The summed E-state index contributed by atoms with van der Waals surface area (Å²) in [5.74, 6) is 0.727. The first-order chi connectivity index (χ1) is 17.5. The van der Waals surface area contributed by atoms with Crippen molar-refractivity contribution in [3.63, 3.8) is 0 Å². The van der Waals surface area contributed by atoms with Crippen molar-refractivity contribution in [1.29, 1.82) is 0 Å². The molecule has 1 saturated heterocycles. The number of amides is 2. The highest BCUT2D eigenvalue weighted by Gasteiger charge is 2.41. The number of rotatable bonds is 13. The maximum Gasteiger partial charge on any atom is 0.317 e. The van der Waals surface area contributed by atoms with Gasteiger partial charge in [-0.05, 0) is 75.4 Å². The third-order valence-electron chi connectivity index (χ3n) is 8.23. The molecule has 3 N–H and O–H groups in total. The van der Waals surface area contributed by atoms with Crippen LogP contribution in [0, 0.1) is 11.8 Å². The second kappa shape index (κ2) is 15.2. The zero-order chi connectivity index (χ0) is 25.8. The predicted molar refractivity (Wildman–Crippen MR) is 150 cm³/mol. The van der Waals surface area contributed by atoms with E-state index in [0.29, 0.717) is 25.5 Å². The lowest BCUT2D eigenvalue weighted by Crippen LogP contribution is -2.54. The van der Waals surface area contributed by atoms with Crippen molar-refractivity contribution >= 4 is 17.8 Å². The number of methoxy groups -OCH3 is 1. The quantitative estimate of drug-likeness (QED) is 0.241. The molecule has 2 amide bonds. The Labute approximate surface area is 223 Å². The summed E-state index contributed by atoms with van der Waals surface area (Å²) in [6.45, 7) is 2.84. The van der Waals surface area contributed by atoms with Gasteiger partial charge in [0.2, 0.25) is 0 Å². The number of carbonyl (C=O) groups excluding carboxylic acids is 1. The Morgan fingerprint density at radius 1 is 1.22 bits per heavy atom. The number of nitrogens with zero attached hydrogens (tertiary/aromatic N) is 1. The number of aliphatic hydroxyl groups is 1. The van der Waals surface area contributed by atoms with E-state index in [1.165, 1.54) is 32.1 Å².